The second-order valence-corrected chi connectivity index (χ2v) is 6.64. The maximum atomic E-state index is 12.9. The number of hydrogen-bond acceptors (Lipinski definition) is 2. The number of alkyl halides is 1. The van der Waals surface area contributed by atoms with Crippen LogP contribution in [0.1, 0.15) is 22.8 Å². The first-order chi connectivity index (χ1) is 10.5. The van der Waals surface area contributed by atoms with Crippen LogP contribution in [-0.4, -0.2) is 17.4 Å². The molecule has 3 rings (SSSR count). The van der Waals surface area contributed by atoms with Crippen molar-refractivity contribution in [3.05, 3.63) is 58.6 Å². The highest BCUT2D eigenvalue weighted by atomic mass is 127. The van der Waals surface area contributed by atoms with E-state index in [-0.39, 0.29) is 5.91 Å². The van der Waals surface area contributed by atoms with Gasteiger partial charge >= 0.3 is 0 Å². The fourth-order valence-electron chi connectivity index (χ4n) is 2.87. The number of nitrogens with zero attached hydrogens (tertiary/aromatic N) is 1. The number of benzene rings is 2. The van der Waals surface area contributed by atoms with Gasteiger partial charge in [0.05, 0.1) is 12.6 Å². The van der Waals surface area contributed by atoms with Crippen molar-refractivity contribution in [2.45, 2.75) is 12.5 Å². The molecule has 1 aliphatic rings. The highest BCUT2D eigenvalue weighted by Gasteiger charge is 2.46. The second-order valence-electron chi connectivity index (χ2n) is 5.44. The molecular formula is C17H15ClINO2. The first-order valence-corrected chi connectivity index (χ1v) is 8.76. The summed E-state index contributed by atoms with van der Waals surface area (Å²) in [5.74, 6) is 0.778. The van der Waals surface area contributed by atoms with Crippen molar-refractivity contribution in [2.24, 2.45) is 0 Å². The van der Waals surface area contributed by atoms with Gasteiger partial charge in [-0.3, -0.25) is 9.69 Å². The van der Waals surface area contributed by atoms with Gasteiger partial charge in [0.15, 0.2) is 0 Å². The zero-order chi connectivity index (χ0) is 15.9. The normalized spacial score (nSPS) is 20.2. The van der Waals surface area contributed by atoms with Crippen molar-refractivity contribution in [3.63, 3.8) is 0 Å². The molecule has 1 amide bonds. The van der Waals surface area contributed by atoms with Crippen molar-refractivity contribution in [1.29, 1.82) is 0 Å². The molecule has 0 saturated carbocycles. The SMILES string of the molecule is COc1ccc2c(c1)C(C)(CI)N(c1ccc(Cl)cc1)C2=O. The van der Waals surface area contributed by atoms with Crippen LogP contribution in [0.4, 0.5) is 5.69 Å². The van der Waals surface area contributed by atoms with Gasteiger partial charge in [-0.05, 0) is 55.0 Å². The van der Waals surface area contributed by atoms with Crippen LogP contribution in [-0.2, 0) is 5.54 Å². The lowest BCUT2D eigenvalue weighted by Crippen LogP contribution is -2.43. The summed E-state index contributed by atoms with van der Waals surface area (Å²) in [5, 5.41) is 0.658. The van der Waals surface area contributed by atoms with E-state index < -0.39 is 5.54 Å². The summed E-state index contributed by atoms with van der Waals surface area (Å²) in [6.07, 6.45) is 0. The summed E-state index contributed by atoms with van der Waals surface area (Å²) in [5.41, 5.74) is 2.18. The monoisotopic (exact) mass is 427 g/mol. The quantitative estimate of drug-likeness (QED) is 0.527. The maximum Gasteiger partial charge on any atom is 0.259 e. The Morgan fingerprint density at radius 2 is 1.91 bits per heavy atom. The number of hydrogen-bond donors (Lipinski definition) is 0. The van der Waals surface area contributed by atoms with E-state index in [1.165, 1.54) is 0 Å². The number of fused-ring (bicyclic) bond motifs is 1. The Morgan fingerprint density at radius 1 is 1.23 bits per heavy atom. The van der Waals surface area contributed by atoms with Crippen LogP contribution < -0.4 is 9.64 Å². The summed E-state index contributed by atoms with van der Waals surface area (Å²) in [7, 11) is 1.64. The van der Waals surface area contributed by atoms with Gasteiger partial charge in [-0.15, -0.1) is 0 Å². The average molecular weight is 428 g/mol. The van der Waals surface area contributed by atoms with Crippen molar-refractivity contribution in [1.82, 2.24) is 0 Å². The molecule has 1 unspecified atom stereocenters. The molecule has 1 aliphatic heterocycles. The van der Waals surface area contributed by atoms with Gasteiger partial charge in [0.25, 0.3) is 5.91 Å². The van der Waals surface area contributed by atoms with Crippen molar-refractivity contribution in [3.8, 4) is 5.75 Å². The molecule has 0 radical (unpaired) electrons. The van der Waals surface area contributed by atoms with E-state index in [4.69, 9.17) is 16.3 Å². The summed E-state index contributed by atoms with van der Waals surface area (Å²) >= 11 is 8.29. The first kappa shape index (κ1) is 15.6. The molecular weight excluding hydrogens is 413 g/mol. The molecule has 114 valence electrons. The van der Waals surface area contributed by atoms with E-state index in [1.54, 1.807) is 19.2 Å². The second kappa shape index (κ2) is 5.74. The summed E-state index contributed by atoms with van der Waals surface area (Å²) in [6.45, 7) is 2.08. The molecule has 0 aromatic heterocycles. The third kappa shape index (κ3) is 2.29. The Hall–Kier alpha value is -1.27. The first-order valence-electron chi connectivity index (χ1n) is 6.86. The third-order valence-corrected chi connectivity index (χ3v) is 5.82. The van der Waals surface area contributed by atoms with Gasteiger partial charge < -0.3 is 4.74 Å². The number of anilines is 1. The minimum absolute atomic E-state index is 0.0131. The van der Waals surface area contributed by atoms with E-state index in [0.29, 0.717) is 5.02 Å². The number of methoxy groups -OCH3 is 1. The highest BCUT2D eigenvalue weighted by Crippen LogP contribution is 2.44. The minimum atomic E-state index is -0.407. The zero-order valence-electron chi connectivity index (χ0n) is 12.3. The van der Waals surface area contributed by atoms with Crippen LogP contribution in [0.25, 0.3) is 0 Å². The Kier molecular flexibility index (Phi) is 4.07. The van der Waals surface area contributed by atoms with Crippen LogP contribution in [0.2, 0.25) is 5.02 Å². The molecule has 1 atom stereocenters. The fraction of sp³-hybridized carbons (Fsp3) is 0.235. The molecule has 5 heteroatoms. The number of rotatable bonds is 3. The van der Waals surface area contributed by atoms with Crippen molar-refractivity contribution in [2.75, 3.05) is 16.4 Å². The summed E-state index contributed by atoms with van der Waals surface area (Å²) in [6, 6.07) is 13.0. The largest absolute Gasteiger partial charge is 0.497 e. The standard InChI is InChI=1S/C17H15ClINO2/c1-17(10-19)15-9-13(22-2)7-8-14(15)16(21)20(17)12-5-3-11(18)4-6-12/h3-9H,10H2,1-2H3. The van der Waals surface area contributed by atoms with Crippen LogP contribution in [0.3, 0.4) is 0 Å². The fourth-order valence-corrected chi connectivity index (χ4v) is 3.75. The predicted octanol–water partition coefficient (Wildman–Crippen LogP) is 4.66. The van der Waals surface area contributed by atoms with Gasteiger partial charge in [0.1, 0.15) is 5.75 Å². The molecule has 22 heavy (non-hydrogen) atoms. The van der Waals surface area contributed by atoms with Gasteiger partial charge in [-0.25, -0.2) is 0 Å². The molecule has 2 aromatic carbocycles. The van der Waals surface area contributed by atoms with Gasteiger partial charge in [0.2, 0.25) is 0 Å². The van der Waals surface area contributed by atoms with Gasteiger partial charge in [-0.1, -0.05) is 34.2 Å². The van der Waals surface area contributed by atoms with E-state index in [9.17, 15) is 4.79 Å². The van der Waals surface area contributed by atoms with Gasteiger partial charge in [-0.2, -0.15) is 0 Å². The molecule has 0 bridgehead atoms. The van der Waals surface area contributed by atoms with Crippen LogP contribution in [0.15, 0.2) is 42.5 Å². The zero-order valence-corrected chi connectivity index (χ0v) is 15.2. The minimum Gasteiger partial charge on any atom is -0.497 e. The predicted molar refractivity (Wildman–Crippen MR) is 97.5 cm³/mol. The molecule has 0 aliphatic carbocycles. The highest BCUT2D eigenvalue weighted by molar-refractivity contribution is 14.1. The van der Waals surface area contributed by atoms with E-state index in [2.05, 4.69) is 29.5 Å². The van der Waals surface area contributed by atoms with Crippen molar-refractivity contribution < 1.29 is 9.53 Å². The van der Waals surface area contributed by atoms with Crippen molar-refractivity contribution >= 4 is 45.8 Å². The molecule has 3 nitrogen and oxygen atoms in total. The van der Waals surface area contributed by atoms with Crippen LogP contribution >= 0.6 is 34.2 Å². The lowest BCUT2D eigenvalue weighted by atomic mass is 9.93. The van der Waals surface area contributed by atoms with Gasteiger partial charge in [0, 0.05) is 20.7 Å². The molecule has 1 heterocycles. The lowest BCUT2D eigenvalue weighted by molar-refractivity contribution is 0.0983. The van der Waals surface area contributed by atoms with Crippen LogP contribution in [0, 0.1) is 0 Å². The number of ether oxygens (including phenoxy) is 1. The number of carbonyl (C=O) groups is 1. The number of halogens is 2. The summed E-state index contributed by atoms with van der Waals surface area (Å²) in [4.78, 5) is 14.8. The molecule has 0 saturated heterocycles. The van der Waals surface area contributed by atoms with E-state index in [1.807, 2.05) is 35.2 Å². The lowest BCUT2D eigenvalue weighted by Gasteiger charge is -2.34. The van der Waals surface area contributed by atoms with E-state index in [0.717, 1.165) is 27.0 Å². The molecule has 0 N–H and O–H groups in total. The number of amides is 1. The molecule has 2 aromatic rings. The number of carbonyl (C=O) groups excluding carboxylic acids is 1. The van der Waals surface area contributed by atoms with E-state index >= 15 is 0 Å². The summed E-state index contributed by atoms with van der Waals surface area (Å²) < 4.78 is 6.10. The third-order valence-electron chi connectivity index (χ3n) is 4.08. The Labute approximate surface area is 148 Å². The smallest absolute Gasteiger partial charge is 0.259 e. The molecule has 0 spiro atoms. The Balaban J connectivity index is 2.16. The Bertz CT molecular complexity index is 732. The topological polar surface area (TPSA) is 29.5 Å². The van der Waals surface area contributed by atoms with Crippen LogP contribution in [0.5, 0.6) is 5.75 Å². The Morgan fingerprint density at radius 3 is 2.50 bits per heavy atom. The molecule has 0 fully saturated rings. The maximum absolute atomic E-state index is 12.9. The average Bonchev–Trinajstić information content (AvgIpc) is 2.77.